The number of aliphatic carboxylic acids is 1. The number of amides is 1. The van der Waals surface area contributed by atoms with Crippen molar-refractivity contribution >= 4 is 23.6 Å². The van der Waals surface area contributed by atoms with E-state index in [1.54, 1.807) is 12.1 Å². The highest BCUT2D eigenvalue weighted by molar-refractivity contribution is 5.92. The fourth-order valence-electron chi connectivity index (χ4n) is 1.59. The van der Waals surface area contributed by atoms with Crippen molar-refractivity contribution in [2.24, 2.45) is 0 Å². The van der Waals surface area contributed by atoms with Crippen LogP contribution in [0.5, 0.6) is 0 Å². The normalized spacial score (nSPS) is 10.7. The standard InChI is InChI=1S/C15H19NO4/c1-3-8-20-10-14(17)16-13-6-4-12(9-11(13)2)5-7-15(18)19/h4-7,9H,3,8,10H2,1-2H3,(H,16,17)(H,18,19)/b7-5+. The van der Waals surface area contributed by atoms with E-state index < -0.39 is 5.97 Å². The van der Waals surface area contributed by atoms with Crippen LogP contribution in [0.1, 0.15) is 24.5 Å². The zero-order valence-corrected chi connectivity index (χ0v) is 11.7. The quantitative estimate of drug-likeness (QED) is 0.593. The Morgan fingerprint density at radius 3 is 2.75 bits per heavy atom. The van der Waals surface area contributed by atoms with E-state index in [1.165, 1.54) is 6.08 Å². The smallest absolute Gasteiger partial charge is 0.328 e. The predicted molar refractivity (Wildman–Crippen MR) is 77.6 cm³/mol. The third kappa shape index (κ3) is 5.67. The average molecular weight is 277 g/mol. The van der Waals surface area contributed by atoms with Gasteiger partial charge in [0.1, 0.15) is 6.61 Å². The van der Waals surface area contributed by atoms with Gasteiger partial charge in [0.15, 0.2) is 0 Å². The summed E-state index contributed by atoms with van der Waals surface area (Å²) >= 11 is 0. The molecule has 1 aromatic rings. The molecule has 0 aliphatic heterocycles. The van der Waals surface area contributed by atoms with Crippen LogP contribution < -0.4 is 5.32 Å². The summed E-state index contributed by atoms with van der Waals surface area (Å²) in [6, 6.07) is 5.30. The number of rotatable bonds is 7. The summed E-state index contributed by atoms with van der Waals surface area (Å²) < 4.78 is 5.16. The summed E-state index contributed by atoms with van der Waals surface area (Å²) in [7, 11) is 0. The Labute approximate surface area is 118 Å². The molecule has 0 saturated carbocycles. The lowest BCUT2D eigenvalue weighted by Crippen LogP contribution is -2.19. The maximum atomic E-state index is 11.6. The molecule has 20 heavy (non-hydrogen) atoms. The van der Waals surface area contributed by atoms with Crippen LogP contribution in [0.3, 0.4) is 0 Å². The first-order valence-electron chi connectivity index (χ1n) is 6.42. The number of ether oxygens (including phenoxy) is 1. The Hall–Kier alpha value is -2.14. The number of carbonyl (C=O) groups excluding carboxylic acids is 1. The number of carbonyl (C=O) groups is 2. The van der Waals surface area contributed by atoms with E-state index in [-0.39, 0.29) is 12.5 Å². The maximum absolute atomic E-state index is 11.6. The van der Waals surface area contributed by atoms with Gasteiger partial charge in [-0.1, -0.05) is 13.0 Å². The van der Waals surface area contributed by atoms with Gasteiger partial charge < -0.3 is 15.2 Å². The lowest BCUT2D eigenvalue weighted by atomic mass is 10.1. The van der Waals surface area contributed by atoms with E-state index in [2.05, 4.69) is 5.32 Å². The molecule has 0 unspecified atom stereocenters. The van der Waals surface area contributed by atoms with Crippen LogP contribution in [0.2, 0.25) is 0 Å². The molecule has 5 heteroatoms. The maximum Gasteiger partial charge on any atom is 0.328 e. The molecule has 0 aliphatic rings. The number of benzene rings is 1. The highest BCUT2D eigenvalue weighted by Crippen LogP contribution is 2.17. The second kappa shape index (κ2) is 8.12. The first kappa shape index (κ1) is 15.9. The first-order chi connectivity index (χ1) is 9.52. The third-order valence-electron chi connectivity index (χ3n) is 2.52. The molecule has 0 atom stereocenters. The van der Waals surface area contributed by atoms with Gasteiger partial charge in [0.25, 0.3) is 0 Å². The van der Waals surface area contributed by atoms with Crippen molar-refractivity contribution in [2.45, 2.75) is 20.3 Å². The van der Waals surface area contributed by atoms with E-state index in [0.717, 1.165) is 23.6 Å². The molecule has 1 rings (SSSR count). The summed E-state index contributed by atoms with van der Waals surface area (Å²) in [5.74, 6) is -1.19. The van der Waals surface area contributed by atoms with Gasteiger partial charge in [0, 0.05) is 18.4 Å². The Bertz CT molecular complexity index is 509. The highest BCUT2D eigenvalue weighted by Gasteiger charge is 2.05. The van der Waals surface area contributed by atoms with Gasteiger partial charge in [-0.05, 0) is 42.7 Å². The van der Waals surface area contributed by atoms with E-state index in [9.17, 15) is 9.59 Å². The molecule has 1 amide bonds. The van der Waals surface area contributed by atoms with Gasteiger partial charge in [-0.2, -0.15) is 0 Å². The largest absolute Gasteiger partial charge is 0.478 e. The Kier molecular flexibility index (Phi) is 6.46. The van der Waals surface area contributed by atoms with E-state index in [1.807, 2.05) is 19.9 Å². The van der Waals surface area contributed by atoms with Crippen molar-refractivity contribution in [3.63, 3.8) is 0 Å². The number of carboxylic acids is 1. The topological polar surface area (TPSA) is 75.6 Å². The minimum absolute atomic E-state index is 0.0357. The fourth-order valence-corrected chi connectivity index (χ4v) is 1.59. The second-order valence-corrected chi connectivity index (χ2v) is 4.35. The van der Waals surface area contributed by atoms with Crippen molar-refractivity contribution in [2.75, 3.05) is 18.5 Å². The minimum atomic E-state index is -0.992. The molecular weight excluding hydrogens is 258 g/mol. The molecule has 0 fully saturated rings. The van der Waals surface area contributed by atoms with Crippen LogP contribution in [0.4, 0.5) is 5.69 Å². The Morgan fingerprint density at radius 2 is 2.15 bits per heavy atom. The van der Waals surface area contributed by atoms with Crippen LogP contribution in [0.25, 0.3) is 6.08 Å². The molecule has 1 aromatic carbocycles. The average Bonchev–Trinajstić information content (AvgIpc) is 2.39. The second-order valence-electron chi connectivity index (χ2n) is 4.35. The van der Waals surface area contributed by atoms with Crippen LogP contribution in [-0.4, -0.2) is 30.2 Å². The number of anilines is 1. The van der Waals surface area contributed by atoms with Gasteiger partial charge in [0.2, 0.25) is 5.91 Å². The number of hydrogen-bond acceptors (Lipinski definition) is 3. The summed E-state index contributed by atoms with van der Waals surface area (Å²) in [4.78, 5) is 22.0. The van der Waals surface area contributed by atoms with Crippen molar-refractivity contribution in [1.29, 1.82) is 0 Å². The van der Waals surface area contributed by atoms with Crippen molar-refractivity contribution in [3.05, 3.63) is 35.4 Å². The highest BCUT2D eigenvalue weighted by atomic mass is 16.5. The number of carboxylic acid groups (broad SMARTS) is 1. The molecule has 0 aromatic heterocycles. The summed E-state index contributed by atoms with van der Waals surface area (Å²) in [6.07, 6.45) is 3.45. The minimum Gasteiger partial charge on any atom is -0.478 e. The SMILES string of the molecule is CCCOCC(=O)Nc1ccc(/C=C/C(=O)O)cc1C. The van der Waals surface area contributed by atoms with Gasteiger partial charge in [-0.3, -0.25) is 4.79 Å². The fraction of sp³-hybridized carbons (Fsp3) is 0.333. The molecule has 2 N–H and O–H groups in total. The van der Waals surface area contributed by atoms with E-state index >= 15 is 0 Å². The monoisotopic (exact) mass is 277 g/mol. The van der Waals surface area contributed by atoms with Crippen molar-refractivity contribution < 1.29 is 19.4 Å². The Balaban J connectivity index is 2.64. The molecule has 0 radical (unpaired) electrons. The lowest BCUT2D eigenvalue weighted by Gasteiger charge is -2.09. The van der Waals surface area contributed by atoms with Crippen molar-refractivity contribution in [3.8, 4) is 0 Å². The van der Waals surface area contributed by atoms with Crippen LogP contribution in [-0.2, 0) is 14.3 Å². The van der Waals surface area contributed by atoms with E-state index in [4.69, 9.17) is 9.84 Å². The third-order valence-corrected chi connectivity index (χ3v) is 2.52. The molecule has 0 spiro atoms. The number of aryl methyl sites for hydroxylation is 1. The van der Waals surface area contributed by atoms with Gasteiger partial charge in [0.05, 0.1) is 0 Å². The summed E-state index contributed by atoms with van der Waals surface area (Å²) in [5.41, 5.74) is 2.33. The van der Waals surface area contributed by atoms with Crippen LogP contribution >= 0.6 is 0 Å². The predicted octanol–water partition coefficient (Wildman–Crippen LogP) is 2.46. The lowest BCUT2D eigenvalue weighted by molar-refractivity contribution is -0.131. The molecule has 5 nitrogen and oxygen atoms in total. The number of hydrogen-bond donors (Lipinski definition) is 2. The van der Waals surface area contributed by atoms with Crippen molar-refractivity contribution in [1.82, 2.24) is 0 Å². The zero-order chi connectivity index (χ0) is 15.0. The molecule has 108 valence electrons. The van der Waals surface area contributed by atoms with Crippen LogP contribution in [0.15, 0.2) is 24.3 Å². The van der Waals surface area contributed by atoms with Gasteiger partial charge in [-0.25, -0.2) is 4.79 Å². The molecule has 0 saturated heterocycles. The summed E-state index contributed by atoms with van der Waals surface area (Å²) in [6.45, 7) is 4.42. The zero-order valence-electron chi connectivity index (χ0n) is 11.7. The molecular formula is C15H19NO4. The first-order valence-corrected chi connectivity index (χ1v) is 6.42. The summed E-state index contributed by atoms with van der Waals surface area (Å²) in [5, 5.41) is 11.3. The number of nitrogens with one attached hydrogen (secondary N) is 1. The Morgan fingerprint density at radius 1 is 1.40 bits per heavy atom. The van der Waals surface area contributed by atoms with Crippen LogP contribution in [0, 0.1) is 6.92 Å². The molecule has 0 aliphatic carbocycles. The molecule has 0 bridgehead atoms. The van der Waals surface area contributed by atoms with E-state index in [0.29, 0.717) is 12.3 Å². The molecule has 0 heterocycles. The van der Waals surface area contributed by atoms with Gasteiger partial charge in [-0.15, -0.1) is 0 Å². The van der Waals surface area contributed by atoms with Gasteiger partial charge >= 0.3 is 5.97 Å².